The highest BCUT2D eigenvalue weighted by Gasteiger charge is 2.16. The minimum Gasteiger partial charge on any atom is -0.310 e. The molecule has 0 spiro atoms. The second-order valence-corrected chi connectivity index (χ2v) is 12.2. The molecule has 0 N–H and O–H groups in total. The van der Waals surface area contributed by atoms with Gasteiger partial charge in [0, 0.05) is 17.1 Å². The summed E-state index contributed by atoms with van der Waals surface area (Å²) in [6.45, 7) is 0. The first-order chi connectivity index (χ1) is 24.3. The zero-order valence-corrected chi connectivity index (χ0v) is 27.2. The highest BCUT2D eigenvalue weighted by Crippen LogP contribution is 2.41. The van der Waals surface area contributed by atoms with Crippen molar-refractivity contribution in [3.8, 4) is 55.6 Å². The summed E-state index contributed by atoms with van der Waals surface area (Å²) in [5.74, 6) is 0. The van der Waals surface area contributed by atoms with E-state index in [0.29, 0.717) is 0 Å². The average molecular weight is 626 g/mol. The number of hydrogen-bond acceptors (Lipinski definition) is 1. The van der Waals surface area contributed by atoms with E-state index in [1.807, 2.05) is 0 Å². The van der Waals surface area contributed by atoms with Crippen molar-refractivity contribution in [2.45, 2.75) is 0 Å². The Morgan fingerprint density at radius 2 is 0.592 bits per heavy atom. The lowest BCUT2D eigenvalue weighted by Crippen LogP contribution is -2.10. The fourth-order valence-corrected chi connectivity index (χ4v) is 6.59. The first kappa shape index (κ1) is 29.9. The third-order valence-electron chi connectivity index (χ3n) is 9.09. The summed E-state index contributed by atoms with van der Waals surface area (Å²) in [5.41, 5.74) is 15.3. The summed E-state index contributed by atoms with van der Waals surface area (Å²) in [7, 11) is 0. The molecule has 0 saturated carbocycles. The molecule has 8 rings (SSSR count). The van der Waals surface area contributed by atoms with E-state index >= 15 is 0 Å². The van der Waals surface area contributed by atoms with Crippen LogP contribution in [0.4, 0.5) is 17.1 Å². The van der Waals surface area contributed by atoms with E-state index in [2.05, 4.69) is 217 Å². The SMILES string of the molecule is c1ccc(-c2ccc(N(c3ccc(-c4ccccc4)cc3)c3cccc(-c4cc(-c5ccccc5)ccc4-c4ccccc4)c3)cc2)cc1. The van der Waals surface area contributed by atoms with Gasteiger partial charge in [0.05, 0.1) is 0 Å². The summed E-state index contributed by atoms with van der Waals surface area (Å²) in [6, 6.07) is 76.0. The topological polar surface area (TPSA) is 3.24 Å². The van der Waals surface area contributed by atoms with Crippen molar-refractivity contribution in [3.63, 3.8) is 0 Å². The van der Waals surface area contributed by atoms with Crippen LogP contribution in [0, 0.1) is 0 Å². The van der Waals surface area contributed by atoms with Crippen LogP contribution in [0.15, 0.2) is 212 Å². The number of anilines is 3. The predicted octanol–water partition coefficient (Wildman–Crippen LogP) is 13.5. The maximum Gasteiger partial charge on any atom is 0.0467 e. The summed E-state index contributed by atoms with van der Waals surface area (Å²) in [5, 5.41) is 0. The molecular weight excluding hydrogens is 591 g/mol. The van der Waals surface area contributed by atoms with Gasteiger partial charge in [-0.2, -0.15) is 0 Å². The molecule has 49 heavy (non-hydrogen) atoms. The molecule has 0 aliphatic carbocycles. The van der Waals surface area contributed by atoms with Crippen LogP contribution >= 0.6 is 0 Å². The van der Waals surface area contributed by atoms with Crippen LogP contribution in [-0.4, -0.2) is 0 Å². The molecule has 0 radical (unpaired) electrons. The fraction of sp³-hybridized carbons (Fsp3) is 0. The second-order valence-electron chi connectivity index (χ2n) is 12.2. The largest absolute Gasteiger partial charge is 0.310 e. The predicted molar refractivity (Wildman–Crippen MR) is 208 cm³/mol. The quantitative estimate of drug-likeness (QED) is 0.162. The second kappa shape index (κ2) is 13.7. The lowest BCUT2D eigenvalue weighted by molar-refractivity contribution is 1.28. The van der Waals surface area contributed by atoms with Crippen molar-refractivity contribution >= 4 is 17.1 Å². The van der Waals surface area contributed by atoms with Crippen molar-refractivity contribution in [2.75, 3.05) is 4.90 Å². The van der Waals surface area contributed by atoms with Crippen molar-refractivity contribution in [3.05, 3.63) is 212 Å². The molecule has 0 atom stereocenters. The minimum absolute atomic E-state index is 1.10. The van der Waals surface area contributed by atoms with Crippen LogP contribution in [0.2, 0.25) is 0 Å². The van der Waals surface area contributed by atoms with Gasteiger partial charge in [-0.15, -0.1) is 0 Å². The highest BCUT2D eigenvalue weighted by molar-refractivity contribution is 5.89. The molecular formula is C48H35N. The Morgan fingerprint density at radius 3 is 1.08 bits per heavy atom. The average Bonchev–Trinajstić information content (AvgIpc) is 3.20. The molecule has 0 aliphatic heterocycles. The monoisotopic (exact) mass is 625 g/mol. The zero-order valence-electron chi connectivity index (χ0n) is 27.2. The Hall–Kier alpha value is -6.44. The molecule has 0 heterocycles. The van der Waals surface area contributed by atoms with E-state index in [4.69, 9.17) is 0 Å². The zero-order chi connectivity index (χ0) is 32.8. The van der Waals surface area contributed by atoms with Gasteiger partial charge in [-0.05, 0) is 98.1 Å². The smallest absolute Gasteiger partial charge is 0.0467 e. The number of rotatable bonds is 8. The van der Waals surface area contributed by atoms with Gasteiger partial charge in [-0.3, -0.25) is 0 Å². The van der Waals surface area contributed by atoms with Gasteiger partial charge in [-0.1, -0.05) is 170 Å². The van der Waals surface area contributed by atoms with E-state index in [1.54, 1.807) is 0 Å². The van der Waals surface area contributed by atoms with E-state index in [0.717, 1.165) is 17.1 Å². The first-order valence-electron chi connectivity index (χ1n) is 16.8. The van der Waals surface area contributed by atoms with Crippen molar-refractivity contribution < 1.29 is 0 Å². The van der Waals surface area contributed by atoms with Gasteiger partial charge in [0.25, 0.3) is 0 Å². The molecule has 8 aromatic carbocycles. The van der Waals surface area contributed by atoms with Gasteiger partial charge < -0.3 is 4.90 Å². The van der Waals surface area contributed by atoms with Gasteiger partial charge in [0.15, 0.2) is 0 Å². The third kappa shape index (κ3) is 6.43. The lowest BCUT2D eigenvalue weighted by Gasteiger charge is -2.27. The van der Waals surface area contributed by atoms with Crippen LogP contribution in [0.1, 0.15) is 0 Å². The summed E-state index contributed by atoms with van der Waals surface area (Å²) in [6.07, 6.45) is 0. The number of benzene rings is 8. The van der Waals surface area contributed by atoms with Gasteiger partial charge >= 0.3 is 0 Å². The fourth-order valence-electron chi connectivity index (χ4n) is 6.59. The van der Waals surface area contributed by atoms with E-state index in [9.17, 15) is 0 Å². The third-order valence-corrected chi connectivity index (χ3v) is 9.09. The van der Waals surface area contributed by atoms with E-state index in [-0.39, 0.29) is 0 Å². The van der Waals surface area contributed by atoms with Gasteiger partial charge in [0.2, 0.25) is 0 Å². The van der Waals surface area contributed by atoms with Crippen LogP contribution in [-0.2, 0) is 0 Å². The molecule has 8 aromatic rings. The Kier molecular flexibility index (Phi) is 8.39. The van der Waals surface area contributed by atoms with Crippen LogP contribution in [0.3, 0.4) is 0 Å². The molecule has 1 nitrogen and oxygen atoms in total. The van der Waals surface area contributed by atoms with Crippen LogP contribution in [0.5, 0.6) is 0 Å². The van der Waals surface area contributed by atoms with Crippen LogP contribution < -0.4 is 4.90 Å². The van der Waals surface area contributed by atoms with Crippen molar-refractivity contribution in [1.29, 1.82) is 0 Å². The first-order valence-corrected chi connectivity index (χ1v) is 16.8. The molecule has 0 amide bonds. The minimum atomic E-state index is 1.10. The van der Waals surface area contributed by atoms with Gasteiger partial charge in [-0.25, -0.2) is 0 Å². The maximum atomic E-state index is 2.36. The normalized spacial score (nSPS) is 10.9. The van der Waals surface area contributed by atoms with Crippen molar-refractivity contribution in [2.24, 2.45) is 0 Å². The van der Waals surface area contributed by atoms with Crippen LogP contribution in [0.25, 0.3) is 55.6 Å². The van der Waals surface area contributed by atoms with Gasteiger partial charge in [0.1, 0.15) is 0 Å². The molecule has 0 unspecified atom stereocenters. The Balaban J connectivity index is 1.25. The Bertz CT molecular complexity index is 2190. The molecule has 0 saturated heterocycles. The molecule has 0 fully saturated rings. The highest BCUT2D eigenvalue weighted by atomic mass is 15.1. The molecule has 0 aliphatic rings. The number of hydrogen-bond donors (Lipinski definition) is 0. The molecule has 0 bridgehead atoms. The standard InChI is InChI=1S/C48H35N/c1-5-14-36(15-6-1)39-24-29-44(30-25-39)49(45-31-26-40(27-32-45)37-16-7-2-8-17-37)46-23-13-22-43(34-46)48-35-42(38-18-9-3-10-19-38)28-33-47(48)41-20-11-4-12-21-41/h1-35H. The molecule has 0 aromatic heterocycles. The summed E-state index contributed by atoms with van der Waals surface area (Å²) in [4.78, 5) is 2.36. The molecule has 1 heteroatoms. The van der Waals surface area contributed by atoms with E-state index in [1.165, 1.54) is 55.6 Å². The lowest BCUT2D eigenvalue weighted by atomic mass is 9.91. The Labute approximate surface area is 289 Å². The number of nitrogens with zero attached hydrogens (tertiary/aromatic N) is 1. The summed E-state index contributed by atoms with van der Waals surface area (Å²) >= 11 is 0. The molecule has 232 valence electrons. The van der Waals surface area contributed by atoms with Crippen molar-refractivity contribution in [1.82, 2.24) is 0 Å². The summed E-state index contributed by atoms with van der Waals surface area (Å²) < 4.78 is 0. The maximum absolute atomic E-state index is 2.36. The van der Waals surface area contributed by atoms with E-state index < -0.39 is 0 Å². The Morgan fingerprint density at radius 1 is 0.204 bits per heavy atom.